The van der Waals surface area contributed by atoms with Crippen molar-refractivity contribution < 1.29 is 5.11 Å². The van der Waals surface area contributed by atoms with Gasteiger partial charge in [0.1, 0.15) is 0 Å². The van der Waals surface area contributed by atoms with Crippen molar-refractivity contribution in [3.8, 4) is 0 Å². The van der Waals surface area contributed by atoms with Crippen molar-refractivity contribution in [2.24, 2.45) is 0 Å². The summed E-state index contributed by atoms with van der Waals surface area (Å²) in [6, 6.07) is 4.17. The minimum atomic E-state index is -0.258. The van der Waals surface area contributed by atoms with Gasteiger partial charge in [-0.25, -0.2) is 0 Å². The fourth-order valence-electron chi connectivity index (χ4n) is 1.53. The van der Waals surface area contributed by atoms with Gasteiger partial charge in [-0.2, -0.15) is 0 Å². The highest BCUT2D eigenvalue weighted by Crippen LogP contribution is 2.23. The maximum atomic E-state index is 9.74. The standard InChI is InChI=1S/C12H18BrNOS/c1-3-4-5-10(15)8-14(2)9-11-6-7-12(13)16-11/h3,6-7,10,15H,1,4-5,8-9H2,2H3. The second kappa shape index (κ2) is 7.22. The highest BCUT2D eigenvalue weighted by Gasteiger charge is 2.08. The molecule has 1 aromatic rings. The van der Waals surface area contributed by atoms with Crippen LogP contribution in [0.2, 0.25) is 0 Å². The van der Waals surface area contributed by atoms with Gasteiger partial charge in [0.05, 0.1) is 9.89 Å². The van der Waals surface area contributed by atoms with E-state index in [0.717, 1.165) is 23.2 Å². The lowest BCUT2D eigenvalue weighted by Crippen LogP contribution is -2.28. The molecule has 0 aliphatic rings. The summed E-state index contributed by atoms with van der Waals surface area (Å²) in [7, 11) is 2.03. The maximum Gasteiger partial charge on any atom is 0.0701 e. The van der Waals surface area contributed by atoms with Crippen LogP contribution in [0.15, 0.2) is 28.6 Å². The van der Waals surface area contributed by atoms with Gasteiger partial charge < -0.3 is 5.11 Å². The SMILES string of the molecule is C=CCCC(O)CN(C)Cc1ccc(Br)s1. The molecule has 1 atom stereocenters. The molecule has 2 nitrogen and oxygen atoms in total. The number of allylic oxidation sites excluding steroid dienone is 1. The summed E-state index contributed by atoms with van der Waals surface area (Å²) in [6.07, 6.45) is 3.26. The number of aliphatic hydroxyl groups excluding tert-OH is 1. The zero-order valence-corrected chi connectivity index (χ0v) is 11.9. The van der Waals surface area contributed by atoms with Gasteiger partial charge in [0, 0.05) is 18.0 Å². The Hall–Kier alpha value is -0.160. The zero-order chi connectivity index (χ0) is 12.0. The van der Waals surface area contributed by atoms with E-state index in [0.29, 0.717) is 6.54 Å². The average Bonchev–Trinajstić information content (AvgIpc) is 2.60. The first-order chi connectivity index (χ1) is 7.61. The Morgan fingerprint density at radius 1 is 1.62 bits per heavy atom. The van der Waals surface area contributed by atoms with Crippen LogP contribution >= 0.6 is 27.3 Å². The molecule has 0 aromatic carbocycles. The minimum absolute atomic E-state index is 0.258. The summed E-state index contributed by atoms with van der Waals surface area (Å²) in [5.41, 5.74) is 0. The summed E-state index contributed by atoms with van der Waals surface area (Å²) < 4.78 is 1.16. The third-order valence-corrected chi connectivity index (χ3v) is 3.89. The summed E-state index contributed by atoms with van der Waals surface area (Å²) in [5, 5.41) is 9.74. The second-order valence-electron chi connectivity index (χ2n) is 3.92. The molecule has 0 saturated heterocycles. The van der Waals surface area contributed by atoms with Crippen LogP contribution in [-0.4, -0.2) is 29.7 Å². The first-order valence-corrected chi connectivity index (χ1v) is 6.94. The molecule has 16 heavy (non-hydrogen) atoms. The lowest BCUT2D eigenvalue weighted by Gasteiger charge is -2.19. The predicted octanol–water partition coefficient (Wildman–Crippen LogP) is 3.27. The first-order valence-electron chi connectivity index (χ1n) is 5.33. The van der Waals surface area contributed by atoms with E-state index in [4.69, 9.17) is 0 Å². The molecule has 1 N–H and O–H groups in total. The van der Waals surface area contributed by atoms with Crippen LogP contribution in [0.25, 0.3) is 0 Å². The summed E-state index contributed by atoms with van der Waals surface area (Å²) in [5.74, 6) is 0. The number of rotatable bonds is 7. The van der Waals surface area contributed by atoms with E-state index in [1.165, 1.54) is 4.88 Å². The van der Waals surface area contributed by atoms with Gasteiger partial charge in [-0.3, -0.25) is 4.90 Å². The van der Waals surface area contributed by atoms with Gasteiger partial charge in [-0.1, -0.05) is 6.08 Å². The Morgan fingerprint density at radius 3 is 2.94 bits per heavy atom. The number of thiophene rings is 1. The molecule has 0 bridgehead atoms. The third kappa shape index (κ3) is 5.25. The Bertz CT molecular complexity index is 327. The van der Waals surface area contributed by atoms with Crippen molar-refractivity contribution in [3.63, 3.8) is 0 Å². The zero-order valence-electron chi connectivity index (χ0n) is 9.53. The molecule has 0 aliphatic carbocycles. The van der Waals surface area contributed by atoms with Gasteiger partial charge in [-0.15, -0.1) is 17.9 Å². The number of likely N-dealkylation sites (N-methyl/N-ethyl adjacent to an activating group) is 1. The van der Waals surface area contributed by atoms with Crippen LogP contribution in [0, 0.1) is 0 Å². The van der Waals surface area contributed by atoms with Crippen molar-refractivity contribution in [1.82, 2.24) is 4.90 Å². The first kappa shape index (κ1) is 13.9. The van der Waals surface area contributed by atoms with E-state index in [9.17, 15) is 5.11 Å². The minimum Gasteiger partial charge on any atom is -0.392 e. The topological polar surface area (TPSA) is 23.5 Å². The second-order valence-corrected chi connectivity index (χ2v) is 6.47. The maximum absolute atomic E-state index is 9.74. The van der Waals surface area contributed by atoms with Crippen molar-refractivity contribution in [3.05, 3.63) is 33.5 Å². The molecule has 1 aromatic heterocycles. The van der Waals surface area contributed by atoms with Gasteiger partial charge in [0.15, 0.2) is 0 Å². The molecular weight excluding hydrogens is 286 g/mol. The molecule has 90 valence electrons. The van der Waals surface area contributed by atoms with E-state index in [1.54, 1.807) is 11.3 Å². The van der Waals surface area contributed by atoms with Crippen molar-refractivity contribution in [1.29, 1.82) is 0 Å². The lowest BCUT2D eigenvalue weighted by atomic mass is 10.2. The quantitative estimate of drug-likeness (QED) is 0.782. The van der Waals surface area contributed by atoms with Crippen molar-refractivity contribution in [2.75, 3.05) is 13.6 Å². The smallest absolute Gasteiger partial charge is 0.0701 e. The van der Waals surface area contributed by atoms with E-state index in [2.05, 4.69) is 39.5 Å². The number of aliphatic hydroxyl groups is 1. The van der Waals surface area contributed by atoms with Crippen molar-refractivity contribution in [2.45, 2.75) is 25.5 Å². The molecule has 0 fully saturated rings. The van der Waals surface area contributed by atoms with Crippen LogP contribution in [0.3, 0.4) is 0 Å². The highest BCUT2D eigenvalue weighted by atomic mass is 79.9. The molecule has 0 radical (unpaired) electrons. The van der Waals surface area contributed by atoms with E-state index >= 15 is 0 Å². The summed E-state index contributed by atoms with van der Waals surface area (Å²) in [4.78, 5) is 3.46. The van der Waals surface area contributed by atoms with Gasteiger partial charge in [-0.05, 0) is 48.0 Å². The third-order valence-electron chi connectivity index (χ3n) is 2.28. The molecule has 1 rings (SSSR count). The molecule has 0 amide bonds. The Kier molecular flexibility index (Phi) is 6.28. The lowest BCUT2D eigenvalue weighted by molar-refractivity contribution is 0.116. The fraction of sp³-hybridized carbons (Fsp3) is 0.500. The van der Waals surface area contributed by atoms with Gasteiger partial charge >= 0.3 is 0 Å². The molecule has 4 heteroatoms. The number of nitrogens with zero attached hydrogens (tertiary/aromatic N) is 1. The van der Waals surface area contributed by atoms with E-state index in [1.807, 2.05) is 13.1 Å². The number of hydrogen-bond donors (Lipinski definition) is 1. The van der Waals surface area contributed by atoms with Gasteiger partial charge in [0.25, 0.3) is 0 Å². The normalized spacial score (nSPS) is 13.0. The van der Waals surface area contributed by atoms with Crippen LogP contribution < -0.4 is 0 Å². The van der Waals surface area contributed by atoms with Crippen LogP contribution in [-0.2, 0) is 6.54 Å². The van der Waals surface area contributed by atoms with E-state index in [-0.39, 0.29) is 6.10 Å². The highest BCUT2D eigenvalue weighted by molar-refractivity contribution is 9.11. The Labute approximate surface area is 110 Å². The number of halogens is 1. The average molecular weight is 304 g/mol. The number of hydrogen-bond acceptors (Lipinski definition) is 3. The molecule has 1 heterocycles. The monoisotopic (exact) mass is 303 g/mol. The largest absolute Gasteiger partial charge is 0.392 e. The molecule has 0 saturated carbocycles. The Balaban J connectivity index is 2.29. The van der Waals surface area contributed by atoms with Crippen LogP contribution in [0.5, 0.6) is 0 Å². The summed E-state index contributed by atoms with van der Waals surface area (Å²) in [6.45, 7) is 5.26. The van der Waals surface area contributed by atoms with Gasteiger partial charge in [0.2, 0.25) is 0 Å². The van der Waals surface area contributed by atoms with Crippen LogP contribution in [0.4, 0.5) is 0 Å². The Morgan fingerprint density at radius 2 is 2.38 bits per heavy atom. The van der Waals surface area contributed by atoms with Crippen LogP contribution in [0.1, 0.15) is 17.7 Å². The van der Waals surface area contributed by atoms with E-state index < -0.39 is 0 Å². The molecular formula is C12H18BrNOS. The molecule has 0 aliphatic heterocycles. The predicted molar refractivity (Wildman–Crippen MR) is 73.8 cm³/mol. The fourth-order valence-corrected chi connectivity index (χ4v) is 3.09. The molecule has 0 spiro atoms. The molecule has 1 unspecified atom stereocenters. The van der Waals surface area contributed by atoms with Crippen molar-refractivity contribution >= 4 is 27.3 Å². The summed E-state index contributed by atoms with van der Waals surface area (Å²) >= 11 is 5.18.